The second-order valence-corrected chi connectivity index (χ2v) is 10.3. The maximum absolute atomic E-state index is 2.34. The molecule has 0 bridgehead atoms. The molecule has 0 radical (unpaired) electrons. The van der Waals surface area contributed by atoms with Crippen molar-refractivity contribution < 1.29 is 0 Å². The Bertz CT molecular complexity index is 317. The van der Waals surface area contributed by atoms with Crippen LogP contribution in [-0.2, 0) is 0 Å². The van der Waals surface area contributed by atoms with Gasteiger partial charge in [0.2, 0.25) is 0 Å². The van der Waals surface area contributed by atoms with Crippen LogP contribution >= 0.6 is 0 Å². The summed E-state index contributed by atoms with van der Waals surface area (Å²) < 4.78 is 0. The molecule has 2 saturated carbocycles. The van der Waals surface area contributed by atoms with Crippen LogP contribution in [0.1, 0.15) is 149 Å². The van der Waals surface area contributed by atoms with Crippen LogP contribution in [0.3, 0.4) is 0 Å². The van der Waals surface area contributed by atoms with Crippen molar-refractivity contribution in [2.24, 2.45) is 23.7 Å². The molecule has 0 amide bonds. The first-order valence-corrected chi connectivity index (χ1v) is 13.3. The third-order valence-corrected chi connectivity index (χ3v) is 8.13. The number of hydrogen-bond donors (Lipinski definition) is 0. The van der Waals surface area contributed by atoms with Crippen LogP contribution in [0.4, 0.5) is 0 Å². The third-order valence-electron chi connectivity index (χ3n) is 8.13. The van der Waals surface area contributed by atoms with Crippen molar-refractivity contribution in [1.82, 2.24) is 0 Å². The lowest BCUT2D eigenvalue weighted by Gasteiger charge is -2.38. The summed E-state index contributed by atoms with van der Waals surface area (Å²) in [5, 5.41) is 0. The number of rotatable bonds is 14. The lowest BCUT2D eigenvalue weighted by Crippen LogP contribution is -2.25. The maximum atomic E-state index is 2.34. The molecule has 0 unspecified atom stereocenters. The van der Waals surface area contributed by atoms with Crippen molar-refractivity contribution >= 4 is 0 Å². The van der Waals surface area contributed by atoms with E-state index in [1.165, 1.54) is 77.0 Å². The van der Waals surface area contributed by atoms with Gasteiger partial charge in [-0.05, 0) is 49.4 Å². The molecule has 0 heteroatoms. The Balaban J connectivity index is 1.46. The first-order valence-electron chi connectivity index (χ1n) is 13.3. The Morgan fingerprint density at radius 3 is 1.19 bits per heavy atom. The summed E-state index contributed by atoms with van der Waals surface area (Å²) in [5.74, 6) is 4.39. The second-order valence-electron chi connectivity index (χ2n) is 10.3. The van der Waals surface area contributed by atoms with Crippen LogP contribution in [0.15, 0.2) is 0 Å². The van der Waals surface area contributed by atoms with Gasteiger partial charge in [-0.25, -0.2) is 0 Å². The molecule has 0 aromatic rings. The average Bonchev–Trinajstić information content (AvgIpc) is 2.71. The summed E-state index contributed by atoms with van der Waals surface area (Å²) in [5.41, 5.74) is 0. The van der Waals surface area contributed by atoms with Crippen LogP contribution in [-0.4, -0.2) is 0 Å². The smallest absolute Gasteiger partial charge is 0.0386 e. The minimum atomic E-state index is 1.09. The van der Waals surface area contributed by atoms with E-state index in [9.17, 15) is 0 Å². The average molecular weight is 377 g/mol. The minimum absolute atomic E-state index is 1.09. The van der Waals surface area contributed by atoms with Crippen molar-refractivity contribution in [3.05, 3.63) is 0 Å². The zero-order chi connectivity index (χ0) is 19.2. The van der Waals surface area contributed by atoms with E-state index in [0.29, 0.717) is 0 Å². The van der Waals surface area contributed by atoms with Gasteiger partial charge in [0.05, 0.1) is 0 Å². The summed E-state index contributed by atoms with van der Waals surface area (Å²) in [6, 6.07) is 0. The third kappa shape index (κ3) is 9.85. The predicted molar refractivity (Wildman–Crippen MR) is 122 cm³/mol. The molecular formula is C27H52. The monoisotopic (exact) mass is 376 g/mol. The van der Waals surface area contributed by atoms with E-state index in [1.54, 1.807) is 57.8 Å². The van der Waals surface area contributed by atoms with Gasteiger partial charge in [0, 0.05) is 0 Å². The fourth-order valence-electron chi connectivity index (χ4n) is 6.15. The van der Waals surface area contributed by atoms with Gasteiger partial charge in [0.25, 0.3) is 0 Å². The Labute approximate surface area is 172 Å². The Morgan fingerprint density at radius 2 is 0.741 bits per heavy atom. The molecule has 2 aliphatic rings. The van der Waals surface area contributed by atoms with Crippen LogP contribution in [0.2, 0.25) is 0 Å². The van der Waals surface area contributed by atoms with Crippen LogP contribution in [0, 0.1) is 23.7 Å². The van der Waals surface area contributed by atoms with E-state index in [1.807, 2.05) is 0 Å². The van der Waals surface area contributed by atoms with Gasteiger partial charge < -0.3 is 0 Å². The van der Waals surface area contributed by atoms with Gasteiger partial charge in [-0.3, -0.25) is 0 Å². The summed E-state index contributed by atoms with van der Waals surface area (Å²) in [7, 11) is 0. The van der Waals surface area contributed by atoms with Gasteiger partial charge in [-0.2, -0.15) is 0 Å². The van der Waals surface area contributed by atoms with E-state index in [-0.39, 0.29) is 0 Å². The van der Waals surface area contributed by atoms with Gasteiger partial charge in [-0.15, -0.1) is 0 Å². The maximum Gasteiger partial charge on any atom is -0.0386 e. The molecule has 160 valence electrons. The molecule has 0 nitrogen and oxygen atoms in total. The van der Waals surface area contributed by atoms with E-state index < -0.39 is 0 Å². The van der Waals surface area contributed by atoms with Gasteiger partial charge in [-0.1, -0.05) is 123 Å². The van der Waals surface area contributed by atoms with Gasteiger partial charge in [0.15, 0.2) is 0 Å². The molecule has 0 heterocycles. The molecule has 0 aromatic carbocycles. The largest absolute Gasteiger partial charge is 0.0654 e. The Morgan fingerprint density at radius 1 is 0.407 bits per heavy atom. The van der Waals surface area contributed by atoms with Gasteiger partial charge in [0.1, 0.15) is 0 Å². The van der Waals surface area contributed by atoms with E-state index >= 15 is 0 Å². The standard InChI is InChI=1S/C27H52/c1-3-5-7-8-9-10-11-13-15-25-18-22-27(23-19-25)26-20-16-24(17-21-26)14-12-6-4-2/h24-27H,3-23H2,1-2H3/t24-,25?,26-,27?. The zero-order valence-corrected chi connectivity index (χ0v) is 19.2. The van der Waals surface area contributed by atoms with E-state index in [2.05, 4.69) is 13.8 Å². The van der Waals surface area contributed by atoms with E-state index in [4.69, 9.17) is 0 Å². The van der Waals surface area contributed by atoms with Crippen molar-refractivity contribution in [3.8, 4) is 0 Å². The zero-order valence-electron chi connectivity index (χ0n) is 19.2. The molecule has 27 heavy (non-hydrogen) atoms. The molecule has 0 aliphatic heterocycles. The fraction of sp³-hybridized carbons (Fsp3) is 1.00. The van der Waals surface area contributed by atoms with Crippen molar-refractivity contribution in [1.29, 1.82) is 0 Å². The van der Waals surface area contributed by atoms with Gasteiger partial charge >= 0.3 is 0 Å². The lowest BCUT2D eigenvalue weighted by atomic mass is 9.68. The number of unbranched alkanes of at least 4 members (excludes halogenated alkanes) is 9. The highest BCUT2D eigenvalue weighted by atomic mass is 14.4. The minimum Gasteiger partial charge on any atom is -0.0654 e. The molecule has 0 spiro atoms. The number of hydrogen-bond acceptors (Lipinski definition) is 0. The van der Waals surface area contributed by atoms with Crippen molar-refractivity contribution in [2.45, 2.75) is 149 Å². The highest BCUT2D eigenvalue weighted by molar-refractivity contribution is 4.82. The van der Waals surface area contributed by atoms with Crippen LogP contribution in [0.25, 0.3) is 0 Å². The molecule has 2 aliphatic carbocycles. The quantitative estimate of drug-likeness (QED) is 0.265. The molecule has 0 saturated heterocycles. The Kier molecular flexibility index (Phi) is 12.9. The molecule has 0 N–H and O–H groups in total. The van der Waals surface area contributed by atoms with Crippen molar-refractivity contribution in [3.63, 3.8) is 0 Å². The molecule has 0 atom stereocenters. The topological polar surface area (TPSA) is 0 Å². The molecule has 2 rings (SSSR count). The summed E-state index contributed by atoms with van der Waals surface area (Å²) in [6.07, 6.45) is 31.8. The Hall–Kier alpha value is 0. The van der Waals surface area contributed by atoms with Crippen molar-refractivity contribution in [2.75, 3.05) is 0 Å². The summed E-state index contributed by atoms with van der Waals surface area (Å²) in [4.78, 5) is 0. The highest BCUT2D eigenvalue weighted by Gasteiger charge is 2.30. The first-order chi connectivity index (χ1) is 13.3. The first kappa shape index (κ1) is 23.3. The normalized spacial score (nSPS) is 29.1. The lowest BCUT2D eigenvalue weighted by molar-refractivity contribution is 0.139. The predicted octanol–water partition coefficient (Wildman–Crippen LogP) is 9.71. The summed E-state index contributed by atoms with van der Waals surface area (Å²) in [6.45, 7) is 4.65. The highest BCUT2D eigenvalue weighted by Crippen LogP contribution is 2.43. The molecule has 2 fully saturated rings. The SMILES string of the molecule is CCCCCCCCCCC1CCC([C@H]2CC[C@H](CCCCC)CC2)CC1. The molecule has 0 aromatic heterocycles. The summed E-state index contributed by atoms with van der Waals surface area (Å²) >= 11 is 0. The van der Waals surface area contributed by atoms with Crippen LogP contribution in [0.5, 0.6) is 0 Å². The second kappa shape index (κ2) is 14.9. The molecular weight excluding hydrogens is 324 g/mol. The fourth-order valence-corrected chi connectivity index (χ4v) is 6.15. The van der Waals surface area contributed by atoms with E-state index in [0.717, 1.165) is 23.7 Å². The van der Waals surface area contributed by atoms with Crippen LogP contribution < -0.4 is 0 Å².